The molecule has 1 aromatic carbocycles. The summed E-state index contributed by atoms with van der Waals surface area (Å²) in [4.78, 5) is 0. The fourth-order valence-electron chi connectivity index (χ4n) is 2.13. The SMILES string of the molecule is CC(Cc1ccccc1)Nc1nnc(CNC2CC2)o1. The molecule has 1 aliphatic carbocycles. The van der Waals surface area contributed by atoms with Crippen molar-refractivity contribution >= 4 is 6.01 Å². The number of aromatic nitrogens is 2. The van der Waals surface area contributed by atoms with Crippen LogP contribution >= 0.6 is 0 Å². The summed E-state index contributed by atoms with van der Waals surface area (Å²) >= 11 is 0. The van der Waals surface area contributed by atoms with Gasteiger partial charge in [-0.05, 0) is 31.7 Å². The molecule has 3 rings (SSSR count). The third kappa shape index (κ3) is 3.81. The Morgan fingerprint density at radius 1 is 1.25 bits per heavy atom. The van der Waals surface area contributed by atoms with Crippen LogP contribution in [0.4, 0.5) is 6.01 Å². The quantitative estimate of drug-likeness (QED) is 0.810. The molecule has 1 atom stereocenters. The molecule has 1 unspecified atom stereocenters. The van der Waals surface area contributed by atoms with Gasteiger partial charge >= 0.3 is 6.01 Å². The zero-order valence-electron chi connectivity index (χ0n) is 11.7. The fraction of sp³-hybridized carbons (Fsp3) is 0.467. The van der Waals surface area contributed by atoms with Gasteiger partial charge in [0.25, 0.3) is 0 Å². The molecule has 2 N–H and O–H groups in total. The minimum atomic E-state index is 0.252. The van der Waals surface area contributed by atoms with Crippen LogP contribution in [0.15, 0.2) is 34.7 Å². The molecule has 2 aromatic rings. The number of anilines is 1. The Morgan fingerprint density at radius 3 is 2.80 bits per heavy atom. The van der Waals surface area contributed by atoms with Gasteiger partial charge in [0, 0.05) is 12.1 Å². The van der Waals surface area contributed by atoms with Gasteiger partial charge in [0.15, 0.2) is 0 Å². The zero-order chi connectivity index (χ0) is 13.8. The second-order valence-corrected chi connectivity index (χ2v) is 5.39. The number of nitrogens with one attached hydrogen (secondary N) is 2. The van der Waals surface area contributed by atoms with Crippen LogP contribution in [0.5, 0.6) is 0 Å². The van der Waals surface area contributed by atoms with E-state index in [9.17, 15) is 0 Å². The molecule has 1 aliphatic rings. The minimum Gasteiger partial charge on any atom is -0.407 e. The highest BCUT2D eigenvalue weighted by Gasteiger charge is 2.21. The van der Waals surface area contributed by atoms with Crippen molar-refractivity contribution < 1.29 is 4.42 Å². The molecule has 0 bridgehead atoms. The maximum absolute atomic E-state index is 5.57. The molecule has 0 radical (unpaired) electrons. The number of rotatable bonds is 7. The van der Waals surface area contributed by atoms with Crippen molar-refractivity contribution in [2.75, 3.05) is 5.32 Å². The van der Waals surface area contributed by atoms with Crippen LogP contribution in [-0.2, 0) is 13.0 Å². The molecular formula is C15H20N4O. The van der Waals surface area contributed by atoms with Crippen molar-refractivity contribution in [3.8, 4) is 0 Å². The van der Waals surface area contributed by atoms with Crippen LogP contribution in [-0.4, -0.2) is 22.3 Å². The van der Waals surface area contributed by atoms with Crippen molar-refractivity contribution in [3.63, 3.8) is 0 Å². The molecule has 0 saturated heterocycles. The van der Waals surface area contributed by atoms with Crippen LogP contribution in [0.2, 0.25) is 0 Å². The molecule has 5 nitrogen and oxygen atoms in total. The molecule has 106 valence electrons. The molecular weight excluding hydrogens is 252 g/mol. The van der Waals surface area contributed by atoms with E-state index >= 15 is 0 Å². The lowest BCUT2D eigenvalue weighted by Gasteiger charge is -2.11. The highest BCUT2D eigenvalue weighted by Crippen LogP contribution is 2.19. The predicted octanol–water partition coefficient (Wildman–Crippen LogP) is 2.36. The van der Waals surface area contributed by atoms with E-state index in [0.717, 1.165) is 6.42 Å². The van der Waals surface area contributed by atoms with E-state index in [1.54, 1.807) is 0 Å². The van der Waals surface area contributed by atoms with Gasteiger partial charge in [-0.3, -0.25) is 0 Å². The fourth-order valence-corrected chi connectivity index (χ4v) is 2.13. The second kappa shape index (κ2) is 6.05. The lowest BCUT2D eigenvalue weighted by molar-refractivity contribution is 0.472. The topological polar surface area (TPSA) is 63.0 Å². The number of nitrogens with zero attached hydrogens (tertiary/aromatic N) is 2. The first kappa shape index (κ1) is 13.1. The third-order valence-corrected chi connectivity index (χ3v) is 3.34. The average Bonchev–Trinajstić information content (AvgIpc) is 3.18. The Hall–Kier alpha value is -1.88. The summed E-state index contributed by atoms with van der Waals surface area (Å²) in [5.41, 5.74) is 1.29. The van der Waals surface area contributed by atoms with Crippen LogP contribution in [0.3, 0.4) is 0 Å². The summed E-state index contributed by atoms with van der Waals surface area (Å²) < 4.78 is 5.57. The maximum Gasteiger partial charge on any atom is 0.315 e. The molecule has 1 aromatic heterocycles. The smallest absolute Gasteiger partial charge is 0.315 e. The molecule has 20 heavy (non-hydrogen) atoms. The number of benzene rings is 1. The van der Waals surface area contributed by atoms with Gasteiger partial charge in [0.1, 0.15) is 0 Å². The number of hydrogen-bond acceptors (Lipinski definition) is 5. The Kier molecular flexibility index (Phi) is 3.97. The zero-order valence-corrected chi connectivity index (χ0v) is 11.7. The number of hydrogen-bond donors (Lipinski definition) is 2. The van der Waals surface area contributed by atoms with Gasteiger partial charge < -0.3 is 15.1 Å². The Morgan fingerprint density at radius 2 is 2.05 bits per heavy atom. The van der Waals surface area contributed by atoms with Crippen LogP contribution in [0, 0.1) is 0 Å². The van der Waals surface area contributed by atoms with Crippen LogP contribution < -0.4 is 10.6 Å². The third-order valence-electron chi connectivity index (χ3n) is 3.34. The highest BCUT2D eigenvalue weighted by molar-refractivity contribution is 5.23. The van der Waals surface area contributed by atoms with Crippen molar-refractivity contribution in [1.82, 2.24) is 15.5 Å². The lowest BCUT2D eigenvalue weighted by Crippen LogP contribution is -2.18. The molecule has 1 saturated carbocycles. The van der Waals surface area contributed by atoms with Crippen LogP contribution in [0.25, 0.3) is 0 Å². The van der Waals surface area contributed by atoms with Crippen molar-refractivity contribution in [1.29, 1.82) is 0 Å². The van der Waals surface area contributed by atoms with E-state index in [-0.39, 0.29) is 6.04 Å². The van der Waals surface area contributed by atoms with E-state index in [1.165, 1.54) is 18.4 Å². The Balaban J connectivity index is 1.49. The van der Waals surface area contributed by atoms with E-state index in [4.69, 9.17) is 4.42 Å². The monoisotopic (exact) mass is 272 g/mol. The summed E-state index contributed by atoms with van der Waals surface area (Å²) in [5, 5.41) is 14.7. The van der Waals surface area contributed by atoms with Gasteiger partial charge in [-0.1, -0.05) is 35.4 Å². The Bertz CT molecular complexity index is 536. The van der Waals surface area contributed by atoms with Gasteiger partial charge in [-0.25, -0.2) is 0 Å². The summed E-state index contributed by atoms with van der Waals surface area (Å²) in [6, 6.07) is 11.8. The molecule has 0 aliphatic heterocycles. The van der Waals surface area contributed by atoms with Gasteiger partial charge in [0.2, 0.25) is 5.89 Å². The molecule has 1 heterocycles. The summed E-state index contributed by atoms with van der Waals surface area (Å²) in [6.07, 6.45) is 3.44. The van der Waals surface area contributed by atoms with E-state index in [1.807, 2.05) is 6.07 Å². The molecule has 0 amide bonds. The first-order chi connectivity index (χ1) is 9.79. The highest BCUT2D eigenvalue weighted by atomic mass is 16.4. The summed E-state index contributed by atoms with van der Waals surface area (Å²) in [7, 11) is 0. The van der Waals surface area contributed by atoms with Crippen molar-refractivity contribution in [2.45, 2.75) is 44.8 Å². The van der Waals surface area contributed by atoms with Gasteiger partial charge in [-0.15, -0.1) is 5.10 Å². The molecule has 0 spiro atoms. The molecule has 1 fully saturated rings. The standard InChI is InChI=1S/C15H20N4O/c1-11(9-12-5-3-2-4-6-12)17-15-19-18-14(20-15)10-16-13-7-8-13/h2-6,11,13,16H,7-10H2,1H3,(H,17,19). The van der Waals surface area contributed by atoms with Gasteiger partial charge in [0.05, 0.1) is 6.54 Å². The normalized spacial score (nSPS) is 16.1. The van der Waals surface area contributed by atoms with Crippen molar-refractivity contribution in [3.05, 3.63) is 41.8 Å². The predicted molar refractivity (Wildman–Crippen MR) is 77.4 cm³/mol. The lowest BCUT2D eigenvalue weighted by atomic mass is 10.1. The first-order valence-corrected chi connectivity index (χ1v) is 7.16. The average molecular weight is 272 g/mol. The molecule has 5 heteroatoms. The van der Waals surface area contributed by atoms with E-state index in [0.29, 0.717) is 24.5 Å². The van der Waals surface area contributed by atoms with E-state index < -0.39 is 0 Å². The largest absolute Gasteiger partial charge is 0.407 e. The minimum absolute atomic E-state index is 0.252. The van der Waals surface area contributed by atoms with Crippen LogP contribution in [0.1, 0.15) is 31.2 Å². The van der Waals surface area contributed by atoms with Gasteiger partial charge in [-0.2, -0.15) is 0 Å². The summed E-state index contributed by atoms with van der Waals surface area (Å²) in [5.74, 6) is 0.645. The first-order valence-electron chi connectivity index (χ1n) is 7.16. The maximum atomic E-state index is 5.57. The second-order valence-electron chi connectivity index (χ2n) is 5.39. The van der Waals surface area contributed by atoms with Crippen molar-refractivity contribution in [2.24, 2.45) is 0 Å². The summed E-state index contributed by atoms with van der Waals surface area (Å²) in [6.45, 7) is 2.77. The Labute approximate surface area is 118 Å². The van der Waals surface area contributed by atoms with E-state index in [2.05, 4.69) is 52.0 Å².